The minimum atomic E-state index is -4.65. The summed E-state index contributed by atoms with van der Waals surface area (Å²) in [6.45, 7) is 2.02. The van der Waals surface area contributed by atoms with Crippen molar-refractivity contribution in [3.63, 3.8) is 0 Å². The number of fused-ring (bicyclic) bond motifs is 1. The third-order valence-electron chi connectivity index (χ3n) is 4.92. The smallest absolute Gasteiger partial charge is 0.353 e. The molecule has 10 nitrogen and oxygen atoms in total. The number of urea groups is 1. The monoisotopic (exact) mass is 398 g/mol. The zero-order valence-corrected chi connectivity index (χ0v) is 14.8. The molecule has 4 heterocycles. The van der Waals surface area contributed by atoms with Gasteiger partial charge in [0.2, 0.25) is 5.91 Å². The Kier molecular flexibility index (Phi) is 4.33. The fourth-order valence-electron chi connectivity index (χ4n) is 3.31. The summed E-state index contributed by atoms with van der Waals surface area (Å²) in [5.74, 6) is -1.05. The van der Waals surface area contributed by atoms with Crippen LogP contribution in [0.25, 0.3) is 5.65 Å². The van der Waals surface area contributed by atoms with E-state index in [2.05, 4.69) is 20.6 Å². The number of hydrogen-bond donors (Lipinski definition) is 1. The molecular formula is C15H17F3N8O2. The van der Waals surface area contributed by atoms with Crippen LogP contribution in [0.2, 0.25) is 0 Å². The van der Waals surface area contributed by atoms with Crippen molar-refractivity contribution in [2.45, 2.75) is 18.8 Å². The van der Waals surface area contributed by atoms with Crippen molar-refractivity contribution in [3.05, 3.63) is 18.0 Å². The number of halogens is 3. The zero-order valence-electron chi connectivity index (χ0n) is 14.8. The molecule has 0 saturated carbocycles. The van der Waals surface area contributed by atoms with E-state index in [0.717, 1.165) is 4.90 Å². The van der Waals surface area contributed by atoms with E-state index in [4.69, 9.17) is 0 Å². The second-order valence-corrected chi connectivity index (χ2v) is 6.63. The number of carbonyl (C=O) groups is 2. The molecule has 4 rings (SSSR count). The fraction of sp³-hybridized carbons (Fsp3) is 0.533. The minimum Gasteiger partial charge on any atom is -0.353 e. The number of anilines is 1. The van der Waals surface area contributed by atoms with Gasteiger partial charge in [0, 0.05) is 33.2 Å². The van der Waals surface area contributed by atoms with Crippen molar-refractivity contribution in [1.82, 2.24) is 34.9 Å². The highest BCUT2D eigenvalue weighted by atomic mass is 19.4. The van der Waals surface area contributed by atoms with E-state index in [9.17, 15) is 22.8 Å². The van der Waals surface area contributed by atoms with E-state index >= 15 is 0 Å². The SMILES string of the molecule is CN1C(=O)CC(N2CCN(c3ccc4nnc(C(F)(F)F)n4n3)CC2)NC1=O. The average Bonchev–Trinajstić information content (AvgIpc) is 3.09. The lowest BCUT2D eigenvalue weighted by atomic mass is 10.2. The number of imide groups is 1. The summed E-state index contributed by atoms with van der Waals surface area (Å²) in [5.41, 5.74) is 0.0160. The lowest BCUT2D eigenvalue weighted by molar-refractivity contribution is -0.146. The van der Waals surface area contributed by atoms with Gasteiger partial charge < -0.3 is 10.2 Å². The van der Waals surface area contributed by atoms with E-state index in [-0.39, 0.29) is 24.1 Å². The Labute approximate surface area is 156 Å². The molecule has 1 N–H and O–H groups in total. The van der Waals surface area contributed by atoms with Crippen LogP contribution < -0.4 is 10.2 Å². The second-order valence-electron chi connectivity index (χ2n) is 6.63. The fourth-order valence-corrected chi connectivity index (χ4v) is 3.31. The van der Waals surface area contributed by atoms with Crippen LogP contribution in [0, 0.1) is 0 Å². The first-order valence-corrected chi connectivity index (χ1v) is 8.60. The number of hydrogen-bond acceptors (Lipinski definition) is 7. The zero-order chi connectivity index (χ0) is 20.1. The first-order valence-electron chi connectivity index (χ1n) is 8.60. The van der Waals surface area contributed by atoms with Crippen molar-refractivity contribution < 1.29 is 22.8 Å². The van der Waals surface area contributed by atoms with Crippen molar-refractivity contribution in [1.29, 1.82) is 0 Å². The number of nitrogens with zero attached hydrogens (tertiary/aromatic N) is 7. The minimum absolute atomic E-state index is 0.0160. The molecule has 2 aliphatic rings. The van der Waals surface area contributed by atoms with Crippen molar-refractivity contribution in [3.8, 4) is 0 Å². The van der Waals surface area contributed by atoms with Gasteiger partial charge in [0.15, 0.2) is 5.65 Å². The predicted octanol–water partition coefficient (Wildman–Crippen LogP) is 0.163. The summed E-state index contributed by atoms with van der Waals surface area (Å²) >= 11 is 0. The summed E-state index contributed by atoms with van der Waals surface area (Å²) in [7, 11) is 1.42. The van der Waals surface area contributed by atoms with Gasteiger partial charge in [-0.1, -0.05) is 0 Å². The first-order chi connectivity index (χ1) is 13.2. The first kappa shape index (κ1) is 18.4. The van der Waals surface area contributed by atoms with Gasteiger partial charge in [-0.2, -0.15) is 17.7 Å². The Morgan fingerprint density at radius 3 is 2.46 bits per heavy atom. The summed E-state index contributed by atoms with van der Waals surface area (Å²) in [6, 6.07) is 2.59. The number of alkyl halides is 3. The van der Waals surface area contributed by atoms with Gasteiger partial charge in [-0.25, -0.2) is 4.79 Å². The average molecular weight is 398 g/mol. The maximum atomic E-state index is 13.0. The van der Waals surface area contributed by atoms with Gasteiger partial charge in [-0.15, -0.1) is 15.3 Å². The molecule has 2 aliphatic heterocycles. The van der Waals surface area contributed by atoms with Crippen LogP contribution in [0.1, 0.15) is 12.2 Å². The van der Waals surface area contributed by atoms with Gasteiger partial charge in [-0.3, -0.25) is 14.6 Å². The van der Waals surface area contributed by atoms with Gasteiger partial charge in [0.25, 0.3) is 5.82 Å². The molecule has 2 saturated heterocycles. The van der Waals surface area contributed by atoms with Gasteiger partial charge in [0.1, 0.15) is 5.82 Å². The molecule has 2 fully saturated rings. The van der Waals surface area contributed by atoms with Gasteiger partial charge in [0.05, 0.1) is 12.6 Å². The number of rotatable bonds is 2. The highest BCUT2D eigenvalue weighted by molar-refractivity contribution is 5.96. The topological polar surface area (TPSA) is 99.0 Å². The Morgan fingerprint density at radius 1 is 1.11 bits per heavy atom. The Morgan fingerprint density at radius 2 is 1.82 bits per heavy atom. The number of carbonyl (C=O) groups excluding carboxylic acids is 2. The summed E-state index contributed by atoms with van der Waals surface area (Å²) in [6.07, 6.45) is -4.85. The molecule has 2 aromatic rings. The van der Waals surface area contributed by atoms with Crippen molar-refractivity contribution in [2.75, 3.05) is 38.1 Å². The highest BCUT2D eigenvalue weighted by Gasteiger charge is 2.38. The standard InChI is InChI=1S/C15H17F3N8O2/c1-23-12(27)8-11(19-14(23)28)25-6-4-24(5-7-25)10-3-2-9-20-21-13(15(16,17)18)26(9)22-10/h2-3,11H,4-8H2,1H3,(H,19,28). The largest absolute Gasteiger partial charge is 0.453 e. The molecule has 13 heteroatoms. The lowest BCUT2D eigenvalue weighted by Crippen LogP contribution is -2.62. The van der Waals surface area contributed by atoms with E-state index in [1.165, 1.54) is 13.1 Å². The number of nitrogens with one attached hydrogen (secondary N) is 1. The molecule has 1 atom stereocenters. The quantitative estimate of drug-likeness (QED) is 0.770. The molecule has 0 aliphatic carbocycles. The number of piperazine rings is 1. The van der Waals surface area contributed by atoms with Crippen LogP contribution in [0.5, 0.6) is 0 Å². The molecule has 0 bridgehead atoms. The Bertz CT molecular complexity index is 904. The van der Waals surface area contributed by atoms with Crippen LogP contribution in [0.15, 0.2) is 12.1 Å². The molecular weight excluding hydrogens is 381 g/mol. The molecule has 2 aromatic heterocycles. The lowest BCUT2D eigenvalue weighted by Gasteiger charge is -2.41. The van der Waals surface area contributed by atoms with Crippen molar-refractivity contribution >= 4 is 23.4 Å². The summed E-state index contributed by atoms with van der Waals surface area (Å²) in [5, 5.41) is 13.5. The molecule has 0 spiro atoms. The molecule has 28 heavy (non-hydrogen) atoms. The van der Waals surface area contributed by atoms with Crippen LogP contribution in [0.3, 0.4) is 0 Å². The summed E-state index contributed by atoms with van der Waals surface area (Å²) in [4.78, 5) is 28.5. The molecule has 150 valence electrons. The maximum Gasteiger partial charge on any atom is 0.453 e. The van der Waals surface area contributed by atoms with E-state index in [1.54, 1.807) is 6.07 Å². The molecule has 3 amide bonds. The van der Waals surface area contributed by atoms with Gasteiger partial charge >= 0.3 is 12.2 Å². The second kappa shape index (κ2) is 6.58. The van der Waals surface area contributed by atoms with E-state index in [1.807, 2.05) is 9.80 Å². The number of aromatic nitrogens is 4. The normalized spacial score (nSPS) is 22.1. The Balaban J connectivity index is 1.47. The van der Waals surface area contributed by atoms with Crippen LogP contribution in [-0.4, -0.2) is 80.9 Å². The van der Waals surface area contributed by atoms with E-state index in [0.29, 0.717) is 36.5 Å². The number of amides is 3. The maximum absolute atomic E-state index is 13.0. The molecule has 0 radical (unpaired) electrons. The van der Waals surface area contributed by atoms with Crippen molar-refractivity contribution in [2.24, 2.45) is 0 Å². The molecule has 1 unspecified atom stereocenters. The third-order valence-corrected chi connectivity index (χ3v) is 4.92. The Hall–Kier alpha value is -2.96. The summed E-state index contributed by atoms with van der Waals surface area (Å²) < 4.78 is 39.8. The van der Waals surface area contributed by atoms with Crippen LogP contribution >= 0.6 is 0 Å². The van der Waals surface area contributed by atoms with Gasteiger partial charge in [-0.05, 0) is 12.1 Å². The molecule has 0 aromatic carbocycles. The third kappa shape index (κ3) is 3.21. The van der Waals surface area contributed by atoms with Crippen LogP contribution in [-0.2, 0) is 11.0 Å². The highest BCUT2D eigenvalue weighted by Crippen LogP contribution is 2.28. The predicted molar refractivity (Wildman–Crippen MR) is 89.3 cm³/mol. The van der Waals surface area contributed by atoms with E-state index < -0.39 is 18.0 Å². The van der Waals surface area contributed by atoms with Crippen LogP contribution in [0.4, 0.5) is 23.8 Å².